The van der Waals surface area contributed by atoms with Gasteiger partial charge in [0.2, 0.25) is 5.91 Å². The standard InChI is InChI=1S/C18H25NO9/c1-4-9-25-15(23)7-5-13(20)19-18(11-27-17(2,3)28-12-18)10-26-16(24)8-6-14(21)22/h1H,5-12H2,2-3H3,(H,19,20)(H,21,22). The molecule has 1 saturated heterocycles. The first kappa shape index (κ1) is 23.4. The van der Waals surface area contributed by atoms with E-state index in [1.165, 1.54) is 0 Å². The summed E-state index contributed by atoms with van der Waals surface area (Å²) >= 11 is 0. The van der Waals surface area contributed by atoms with Gasteiger partial charge in [0.05, 0.1) is 32.5 Å². The molecule has 156 valence electrons. The number of rotatable bonds is 10. The molecule has 10 heteroatoms. The van der Waals surface area contributed by atoms with Crippen molar-refractivity contribution in [1.82, 2.24) is 5.32 Å². The van der Waals surface area contributed by atoms with Gasteiger partial charge in [0.1, 0.15) is 12.1 Å². The summed E-state index contributed by atoms with van der Waals surface area (Å²) in [4.78, 5) is 45.9. The monoisotopic (exact) mass is 399 g/mol. The zero-order chi connectivity index (χ0) is 21.2. The summed E-state index contributed by atoms with van der Waals surface area (Å²) in [6.45, 7) is 2.94. The molecule has 0 bridgehead atoms. The lowest BCUT2D eigenvalue weighted by Gasteiger charge is -2.43. The van der Waals surface area contributed by atoms with E-state index < -0.39 is 35.1 Å². The first-order valence-corrected chi connectivity index (χ1v) is 8.63. The molecule has 0 aromatic heterocycles. The summed E-state index contributed by atoms with van der Waals surface area (Å²) < 4.78 is 20.9. The molecule has 0 unspecified atom stereocenters. The third kappa shape index (κ3) is 8.83. The third-order valence-corrected chi connectivity index (χ3v) is 3.72. The van der Waals surface area contributed by atoms with E-state index in [0.717, 1.165) is 0 Å². The highest BCUT2D eigenvalue weighted by Gasteiger charge is 2.42. The molecule has 2 N–H and O–H groups in total. The first-order chi connectivity index (χ1) is 13.1. The smallest absolute Gasteiger partial charge is 0.307 e. The zero-order valence-electron chi connectivity index (χ0n) is 15.9. The number of aliphatic carboxylic acids is 1. The van der Waals surface area contributed by atoms with Gasteiger partial charge in [0, 0.05) is 6.42 Å². The van der Waals surface area contributed by atoms with Crippen LogP contribution in [0, 0.1) is 12.3 Å². The van der Waals surface area contributed by atoms with Crippen LogP contribution in [0.3, 0.4) is 0 Å². The van der Waals surface area contributed by atoms with Crippen molar-refractivity contribution in [3.8, 4) is 12.3 Å². The summed E-state index contributed by atoms with van der Waals surface area (Å²) in [6.07, 6.45) is 3.99. The summed E-state index contributed by atoms with van der Waals surface area (Å²) in [7, 11) is 0. The number of hydrogen-bond donors (Lipinski definition) is 2. The van der Waals surface area contributed by atoms with Crippen molar-refractivity contribution in [2.45, 2.75) is 50.9 Å². The second-order valence-electron chi connectivity index (χ2n) is 6.72. The maximum atomic E-state index is 12.2. The van der Waals surface area contributed by atoms with E-state index in [4.69, 9.17) is 25.7 Å². The molecule has 0 aromatic rings. The number of carbonyl (C=O) groups excluding carboxylic acids is 3. The molecular weight excluding hydrogens is 374 g/mol. The molecule has 1 amide bonds. The number of ether oxygens (including phenoxy) is 4. The van der Waals surface area contributed by atoms with Gasteiger partial charge in [-0.2, -0.15) is 0 Å². The van der Waals surface area contributed by atoms with E-state index >= 15 is 0 Å². The van der Waals surface area contributed by atoms with Crippen LogP contribution < -0.4 is 5.32 Å². The molecule has 0 spiro atoms. The van der Waals surface area contributed by atoms with Crippen molar-refractivity contribution < 1.29 is 43.2 Å². The fourth-order valence-corrected chi connectivity index (χ4v) is 2.17. The number of amides is 1. The lowest BCUT2D eigenvalue weighted by atomic mass is 10.0. The highest BCUT2D eigenvalue weighted by atomic mass is 16.7. The lowest BCUT2D eigenvalue weighted by molar-refractivity contribution is -0.275. The van der Waals surface area contributed by atoms with Crippen LogP contribution >= 0.6 is 0 Å². The Morgan fingerprint density at radius 3 is 2.18 bits per heavy atom. The SMILES string of the molecule is C#CCOC(=O)CCC(=O)NC1(COC(=O)CCC(=O)O)COC(C)(C)OC1. The van der Waals surface area contributed by atoms with Crippen molar-refractivity contribution in [3.05, 3.63) is 0 Å². The number of esters is 2. The first-order valence-electron chi connectivity index (χ1n) is 8.63. The largest absolute Gasteiger partial charge is 0.481 e. The molecule has 0 aromatic carbocycles. The van der Waals surface area contributed by atoms with Crippen LogP contribution in [-0.2, 0) is 38.1 Å². The fraction of sp³-hybridized carbons (Fsp3) is 0.667. The third-order valence-electron chi connectivity index (χ3n) is 3.72. The van der Waals surface area contributed by atoms with Gasteiger partial charge < -0.3 is 29.4 Å². The van der Waals surface area contributed by atoms with E-state index in [9.17, 15) is 19.2 Å². The van der Waals surface area contributed by atoms with Crippen LogP contribution in [0.5, 0.6) is 0 Å². The van der Waals surface area contributed by atoms with Crippen LogP contribution in [0.15, 0.2) is 0 Å². The number of terminal acetylenes is 1. The van der Waals surface area contributed by atoms with Gasteiger partial charge in [0.15, 0.2) is 12.4 Å². The summed E-state index contributed by atoms with van der Waals surface area (Å²) in [5, 5.41) is 11.3. The Morgan fingerprint density at radius 1 is 1.04 bits per heavy atom. The van der Waals surface area contributed by atoms with Crippen LogP contribution in [0.1, 0.15) is 39.5 Å². The maximum Gasteiger partial charge on any atom is 0.307 e. The van der Waals surface area contributed by atoms with Gasteiger partial charge in [-0.3, -0.25) is 19.2 Å². The average molecular weight is 399 g/mol. The topological polar surface area (TPSA) is 137 Å². The summed E-state index contributed by atoms with van der Waals surface area (Å²) in [5.74, 6) is -1.68. The predicted octanol–water partition coefficient (Wildman–Crippen LogP) is -0.0111. The molecule has 1 aliphatic heterocycles. The normalized spacial score (nSPS) is 17.0. The number of carboxylic acid groups (broad SMARTS) is 1. The number of hydrogen-bond acceptors (Lipinski definition) is 8. The molecule has 1 rings (SSSR count). The van der Waals surface area contributed by atoms with Crippen LogP contribution in [0.2, 0.25) is 0 Å². The number of carbonyl (C=O) groups is 4. The Morgan fingerprint density at radius 2 is 1.61 bits per heavy atom. The van der Waals surface area contributed by atoms with Gasteiger partial charge >= 0.3 is 17.9 Å². The molecular formula is C18H25NO9. The Labute approximate surface area is 162 Å². The molecule has 0 aliphatic carbocycles. The molecule has 1 heterocycles. The zero-order valence-corrected chi connectivity index (χ0v) is 15.9. The maximum absolute atomic E-state index is 12.2. The Bertz CT molecular complexity index is 625. The summed E-state index contributed by atoms with van der Waals surface area (Å²) in [6, 6.07) is 0. The van der Waals surface area contributed by atoms with Crippen molar-refractivity contribution in [3.63, 3.8) is 0 Å². The van der Waals surface area contributed by atoms with E-state index in [2.05, 4.69) is 16.0 Å². The molecule has 10 nitrogen and oxygen atoms in total. The molecule has 0 radical (unpaired) electrons. The van der Waals surface area contributed by atoms with Crippen molar-refractivity contribution in [1.29, 1.82) is 0 Å². The molecule has 0 atom stereocenters. The highest BCUT2D eigenvalue weighted by molar-refractivity contribution is 5.82. The molecule has 1 fully saturated rings. The Hall–Kier alpha value is -2.64. The second-order valence-corrected chi connectivity index (χ2v) is 6.72. The van der Waals surface area contributed by atoms with E-state index in [0.29, 0.717) is 0 Å². The quantitative estimate of drug-likeness (QED) is 0.384. The minimum Gasteiger partial charge on any atom is -0.481 e. The van der Waals surface area contributed by atoms with Gasteiger partial charge in [-0.25, -0.2) is 0 Å². The molecule has 0 saturated carbocycles. The Balaban J connectivity index is 2.62. The summed E-state index contributed by atoms with van der Waals surface area (Å²) in [5.41, 5.74) is -1.16. The van der Waals surface area contributed by atoms with Gasteiger partial charge in [-0.1, -0.05) is 5.92 Å². The van der Waals surface area contributed by atoms with E-state index in [-0.39, 0.29) is 52.1 Å². The van der Waals surface area contributed by atoms with Crippen molar-refractivity contribution in [2.24, 2.45) is 0 Å². The van der Waals surface area contributed by atoms with E-state index in [1.807, 2.05) is 0 Å². The lowest BCUT2D eigenvalue weighted by Crippen LogP contribution is -2.63. The van der Waals surface area contributed by atoms with Gasteiger partial charge in [-0.05, 0) is 13.8 Å². The second kappa shape index (κ2) is 10.6. The number of carboxylic acids is 1. The number of nitrogens with one attached hydrogen (secondary N) is 1. The average Bonchev–Trinajstić information content (AvgIpc) is 2.63. The molecule has 28 heavy (non-hydrogen) atoms. The minimum atomic E-state index is -1.16. The van der Waals surface area contributed by atoms with Crippen molar-refractivity contribution in [2.75, 3.05) is 26.4 Å². The predicted molar refractivity (Wildman–Crippen MR) is 93.7 cm³/mol. The van der Waals surface area contributed by atoms with Gasteiger partial charge in [0.25, 0.3) is 0 Å². The van der Waals surface area contributed by atoms with Crippen LogP contribution in [-0.4, -0.2) is 66.7 Å². The highest BCUT2D eigenvalue weighted by Crippen LogP contribution is 2.24. The van der Waals surface area contributed by atoms with E-state index in [1.54, 1.807) is 13.8 Å². The van der Waals surface area contributed by atoms with Crippen molar-refractivity contribution >= 4 is 23.8 Å². The van der Waals surface area contributed by atoms with Crippen LogP contribution in [0.4, 0.5) is 0 Å². The van der Waals surface area contributed by atoms with Crippen LogP contribution in [0.25, 0.3) is 0 Å². The minimum absolute atomic E-state index is 0.000505. The molecule has 1 aliphatic rings. The van der Waals surface area contributed by atoms with Gasteiger partial charge in [-0.15, -0.1) is 6.42 Å². The Kier molecular flexibility index (Phi) is 8.88. The fourth-order valence-electron chi connectivity index (χ4n) is 2.17.